The standard InChI is InChI=1S/C17H19FN4O2/c18-13-5-3-11(4-6-13)15-20-21(17(24)22(15)14-7-8-14)10-9-19-16(23)12-1-2-12/h3-6,12,14H,1-2,7-10H2,(H,19,23). The minimum atomic E-state index is -0.318. The number of nitrogens with one attached hydrogen (secondary N) is 1. The van der Waals surface area contributed by atoms with Crippen LogP contribution >= 0.6 is 0 Å². The van der Waals surface area contributed by atoms with Crippen LogP contribution in [0.2, 0.25) is 0 Å². The predicted octanol–water partition coefficient (Wildman–Crippen LogP) is 1.71. The molecular formula is C17H19FN4O2. The van der Waals surface area contributed by atoms with E-state index in [1.807, 2.05) is 0 Å². The first kappa shape index (κ1) is 15.1. The Hall–Kier alpha value is -2.44. The average Bonchev–Trinajstić information content (AvgIpc) is 3.46. The molecular weight excluding hydrogens is 311 g/mol. The van der Waals surface area contributed by atoms with Gasteiger partial charge in [-0.2, -0.15) is 0 Å². The van der Waals surface area contributed by atoms with Crippen LogP contribution in [0.15, 0.2) is 29.1 Å². The summed E-state index contributed by atoms with van der Waals surface area (Å²) < 4.78 is 16.2. The number of aromatic nitrogens is 3. The van der Waals surface area contributed by atoms with Crippen LogP contribution in [-0.2, 0) is 11.3 Å². The largest absolute Gasteiger partial charge is 0.354 e. The summed E-state index contributed by atoms with van der Waals surface area (Å²) in [4.78, 5) is 24.3. The van der Waals surface area contributed by atoms with Crippen LogP contribution in [0.3, 0.4) is 0 Å². The maximum absolute atomic E-state index is 13.1. The van der Waals surface area contributed by atoms with Gasteiger partial charge in [0.2, 0.25) is 5.91 Å². The molecule has 6 nitrogen and oxygen atoms in total. The zero-order chi connectivity index (χ0) is 16.7. The molecule has 0 spiro atoms. The van der Waals surface area contributed by atoms with Gasteiger partial charge in [0, 0.05) is 24.1 Å². The van der Waals surface area contributed by atoms with Crippen molar-refractivity contribution >= 4 is 5.91 Å². The lowest BCUT2D eigenvalue weighted by molar-refractivity contribution is -0.122. The van der Waals surface area contributed by atoms with Crippen LogP contribution in [0.25, 0.3) is 11.4 Å². The Morgan fingerprint density at radius 2 is 1.92 bits per heavy atom. The third-order valence-corrected chi connectivity index (χ3v) is 4.46. The maximum atomic E-state index is 13.1. The molecule has 0 aliphatic heterocycles. The van der Waals surface area contributed by atoms with Crippen LogP contribution in [-0.4, -0.2) is 26.8 Å². The highest BCUT2D eigenvalue weighted by Crippen LogP contribution is 2.36. The summed E-state index contributed by atoms with van der Waals surface area (Å²) in [6.07, 6.45) is 3.82. The smallest absolute Gasteiger partial charge is 0.346 e. The monoisotopic (exact) mass is 330 g/mol. The lowest BCUT2D eigenvalue weighted by Crippen LogP contribution is -2.32. The highest BCUT2D eigenvalue weighted by molar-refractivity contribution is 5.80. The van der Waals surface area contributed by atoms with Gasteiger partial charge in [-0.25, -0.2) is 13.9 Å². The van der Waals surface area contributed by atoms with Gasteiger partial charge in [-0.1, -0.05) is 0 Å². The van der Waals surface area contributed by atoms with E-state index in [0.717, 1.165) is 31.2 Å². The second-order valence-corrected chi connectivity index (χ2v) is 6.50. The van der Waals surface area contributed by atoms with Crippen molar-refractivity contribution in [2.75, 3.05) is 6.54 Å². The Kier molecular flexibility index (Phi) is 3.70. The molecule has 1 heterocycles. The second kappa shape index (κ2) is 5.89. The number of hydrogen-bond acceptors (Lipinski definition) is 3. The molecule has 1 aromatic carbocycles. The normalized spacial score (nSPS) is 17.0. The fourth-order valence-electron chi connectivity index (χ4n) is 2.80. The van der Waals surface area contributed by atoms with Gasteiger partial charge in [0.1, 0.15) is 5.82 Å². The molecule has 0 bridgehead atoms. The number of halogens is 1. The second-order valence-electron chi connectivity index (χ2n) is 6.50. The number of carbonyl (C=O) groups excluding carboxylic acids is 1. The fraction of sp³-hybridized carbons (Fsp3) is 0.471. The van der Waals surface area contributed by atoms with E-state index in [2.05, 4.69) is 10.4 Å². The number of rotatable bonds is 6. The highest BCUT2D eigenvalue weighted by Gasteiger charge is 2.31. The molecule has 126 valence electrons. The van der Waals surface area contributed by atoms with E-state index in [1.54, 1.807) is 16.7 Å². The van der Waals surface area contributed by atoms with Crippen LogP contribution in [0.4, 0.5) is 4.39 Å². The molecule has 0 saturated heterocycles. The van der Waals surface area contributed by atoms with Gasteiger partial charge in [0.25, 0.3) is 0 Å². The van der Waals surface area contributed by atoms with Crippen molar-refractivity contribution in [2.45, 2.75) is 38.3 Å². The molecule has 4 rings (SSSR count). The molecule has 2 aliphatic carbocycles. The summed E-state index contributed by atoms with van der Waals surface area (Å²) in [7, 11) is 0. The predicted molar refractivity (Wildman–Crippen MR) is 85.9 cm³/mol. The molecule has 1 N–H and O–H groups in total. The number of nitrogens with zero attached hydrogens (tertiary/aromatic N) is 3. The third kappa shape index (κ3) is 2.98. The molecule has 0 atom stereocenters. The van der Waals surface area contributed by atoms with Crippen molar-refractivity contribution in [3.63, 3.8) is 0 Å². The molecule has 2 aromatic rings. The number of carbonyl (C=O) groups is 1. The quantitative estimate of drug-likeness (QED) is 0.877. The van der Waals surface area contributed by atoms with E-state index >= 15 is 0 Å². The van der Waals surface area contributed by atoms with E-state index < -0.39 is 0 Å². The Bertz CT molecular complexity index is 816. The first-order valence-corrected chi connectivity index (χ1v) is 8.36. The van der Waals surface area contributed by atoms with Crippen molar-refractivity contribution in [3.8, 4) is 11.4 Å². The maximum Gasteiger partial charge on any atom is 0.346 e. The van der Waals surface area contributed by atoms with Crippen molar-refractivity contribution in [2.24, 2.45) is 5.92 Å². The van der Waals surface area contributed by atoms with Gasteiger partial charge >= 0.3 is 5.69 Å². The molecule has 2 saturated carbocycles. The fourth-order valence-corrected chi connectivity index (χ4v) is 2.80. The first-order chi connectivity index (χ1) is 11.6. The van der Waals surface area contributed by atoms with E-state index in [4.69, 9.17) is 0 Å². The SMILES string of the molecule is O=C(NCCn1nc(-c2ccc(F)cc2)n(C2CC2)c1=O)C1CC1. The average molecular weight is 330 g/mol. The number of hydrogen-bond donors (Lipinski definition) is 1. The van der Waals surface area contributed by atoms with Gasteiger partial charge < -0.3 is 5.32 Å². The molecule has 24 heavy (non-hydrogen) atoms. The molecule has 0 unspecified atom stereocenters. The van der Waals surface area contributed by atoms with Gasteiger partial charge in [0.05, 0.1) is 6.54 Å². The van der Waals surface area contributed by atoms with Crippen LogP contribution < -0.4 is 11.0 Å². The summed E-state index contributed by atoms with van der Waals surface area (Å²) in [5.41, 5.74) is 0.554. The zero-order valence-corrected chi connectivity index (χ0v) is 13.2. The molecule has 7 heteroatoms. The molecule has 1 aromatic heterocycles. The molecule has 1 amide bonds. The third-order valence-electron chi connectivity index (χ3n) is 4.46. The van der Waals surface area contributed by atoms with Gasteiger partial charge in [-0.15, -0.1) is 5.10 Å². The van der Waals surface area contributed by atoms with Gasteiger partial charge in [-0.3, -0.25) is 9.36 Å². The Morgan fingerprint density at radius 1 is 1.21 bits per heavy atom. The number of amides is 1. The van der Waals surface area contributed by atoms with E-state index in [9.17, 15) is 14.0 Å². The number of benzene rings is 1. The van der Waals surface area contributed by atoms with Gasteiger partial charge in [-0.05, 0) is 49.9 Å². The topological polar surface area (TPSA) is 68.9 Å². The zero-order valence-electron chi connectivity index (χ0n) is 13.2. The van der Waals surface area contributed by atoms with Crippen molar-refractivity contribution in [1.82, 2.24) is 19.7 Å². The van der Waals surface area contributed by atoms with Gasteiger partial charge in [0.15, 0.2) is 5.82 Å². The van der Waals surface area contributed by atoms with Crippen molar-refractivity contribution < 1.29 is 9.18 Å². The van der Waals surface area contributed by atoms with Crippen molar-refractivity contribution in [1.29, 1.82) is 0 Å². The van der Waals surface area contributed by atoms with Crippen molar-refractivity contribution in [3.05, 3.63) is 40.6 Å². The van der Waals surface area contributed by atoms with E-state index in [0.29, 0.717) is 18.9 Å². The Morgan fingerprint density at radius 3 is 2.54 bits per heavy atom. The van der Waals surface area contributed by atoms with Crippen LogP contribution in [0, 0.1) is 11.7 Å². The lowest BCUT2D eigenvalue weighted by atomic mass is 10.2. The summed E-state index contributed by atoms with van der Waals surface area (Å²) in [5.74, 6) is 0.460. The molecule has 2 fully saturated rings. The minimum Gasteiger partial charge on any atom is -0.354 e. The Labute approximate surface area is 138 Å². The van der Waals surface area contributed by atoms with Crippen LogP contribution in [0.1, 0.15) is 31.7 Å². The van der Waals surface area contributed by atoms with E-state index in [-0.39, 0.29) is 29.4 Å². The Balaban J connectivity index is 1.56. The summed E-state index contributed by atoms with van der Waals surface area (Å²) in [6, 6.07) is 6.18. The van der Waals surface area contributed by atoms with E-state index in [1.165, 1.54) is 16.8 Å². The summed E-state index contributed by atoms with van der Waals surface area (Å²) in [6.45, 7) is 0.727. The minimum absolute atomic E-state index is 0.0587. The van der Waals surface area contributed by atoms with Crippen LogP contribution in [0.5, 0.6) is 0 Å². The molecule has 0 radical (unpaired) electrons. The highest BCUT2D eigenvalue weighted by atomic mass is 19.1. The summed E-state index contributed by atoms with van der Waals surface area (Å²) in [5, 5.41) is 7.27. The lowest BCUT2D eigenvalue weighted by Gasteiger charge is -2.03. The summed E-state index contributed by atoms with van der Waals surface area (Å²) >= 11 is 0. The first-order valence-electron chi connectivity index (χ1n) is 8.36. The molecule has 2 aliphatic rings.